The third-order valence-electron chi connectivity index (χ3n) is 5.03. The minimum absolute atomic E-state index is 0.0437. The van der Waals surface area contributed by atoms with Gasteiger partial charge in [0.1, 0.15) is 12.4 Å². The van der Waals surface area contributed by atoms with Crippen LogP contribution in [0.1, 0.15) is 18.1 Å². The van der Waals surface area contributed by atoms with Crippen LogP contribution < -0.4 is 10.6 Å². The van der Waals surface area contributed by atoms with Gasteiger partial charge in [-0.1, -0.05) is 0 Å². The standard InChI is InChI=1S/C19H36N8O2S/c1-16-23-24-17(25(16)2)14-22-19(21-6-5-13-30-4)27-10-8-26(9-11-27)15-18(28)20-7-12-29-3/h5-15H2,1-4H3,(H,20,28)(H,21,22). The summed E-state index contributed by atoms with van der Waals surface area (Å²) in [5.74, 6) is 3.80. The summed E-state index contributed by atoms with van der Waals surface area (Å²) in [6.45, 7) is 8.13. The molecule has 1 fully saturated rings. The first-order valence-electron chi connectivity index (χ1n) is 10.4. The van der Waals surface area contributed by atoms with Crippen molar-refractivity contribution >= 4 is 23.6 Å². The molecule has 10 nitrogen and oxygen atoms in total. The number of guanidine groups is 1. The van der Waals surface area contributed by atoms with Crippen LogP contribution in [0.5, 0.6) is 0 Å². The molecule has 0 bridgehead atoms. The Bertz CT molecular complexity index is 673. The fourth-order valence-corrected chi connectivity index (χ4v) is 3.52. The minimum atomic E-state index is 0.0437. The maximum atomic E-state index is 12.0. The lowest BCUT2D eigenvalue weighted by atomic mass is 10.3. The van der Waals surface area contributed by atoms with Gasteiger partial charge in [0, 0.05) is 53.4 Å². The van der Waals surface area contributed by atoms with Crippen molar-refractivity contribution in [2.24, 2.45) is 12.0 Å². The van der Waals surface area contributed by atoms with Crippen LogP contribution in [0.3, 0.4) is 0 Å². The third kappa shape index (κ3) is 8.11. The Hall–Kier alpha value is -1.85. The molecule has 0 saturated carbocycles. The molecule has 1 aromatic rings. The molecule has 2 heterocycles. The number of aliphatic imine (C=N–C) groups is 1. The van der Waals surface area contributed by atoms with Crippen LogP contribution in [-0.2, 0) is 23.1 Å². The van der Waals surface area contributed by atoms with E-state index in [0.717, 1.165) is 62.5 Å². The molecular formula is C19H36N8O2S. The van der Waals surface area contributed by atoms with Crippen molar-refractivity contribution in [2.75, 3.05) is 71.5 Å². The van der Waals surface area contributed by atoms with Gasteiger partial charge in [-0.25, -0.2) is 4.99 Å². The Labute approximate surface area is 183 Å². The number of thioether (sulfide) groups is 1. The fourth-order valence-electron chi connectivity index (χ4n) is 3.09. The van der Waals surface area contributed by atoms with E-state index in [0.29, 0.717) is 26.2 Å². The second kappa shape index (κ2) is 13.5. The van der Waals surface area contributed by atoms with E-state index < -0.39 is 0 Å². The first-order valence-corrected chi connectivity index (χ1v) is 11.8. The van der Waals surface area contributed by atoms with Gasteiger partial charge in [0.25, 0.3) is 0 Å². The van der Waals surface area contributed by atoms with Gasteiger partial charge in [-0.3, -0.25) is 9.69 Å². The molecular weight excluding hydrogens is 404 g/mol. The summed E-state index contributed by atoms with van der Waals surface area (Å²) in [7, 11) is 3.59. The summed E-state index contributed by atoms with van der Waals surface area (Å²) in [5, 5.41) is 14.7. The average Bonchev–Trinajstić information content (AvgIpc) is 3.06. The van der Waals surface area contributed by atoms with Gasteiger partial charge >= 0.3 is 0 Å². The summed E-state index contributed by atoms with van der Waals surface area (Å²) < 4.78 is 6.93. The van der Waals surface area contributed by atoms with Crippen LogP contribution in [0.25, 0.3) is 0 Å². The summed E-state index contributed by atoms with van der Waals surface area (Å²) in [5.41, 5.74) is 0. The average molecular weight is 441 g/mol. The summed E-state index contributed by atoms with van der Waals surface area (Å²) in [6.07, 6.45) is 3.21. The first kappa shape index (κ1) is 24.4. The Kier molecular flexibility index (Phi) is 11.0. The van der Waals surface area contributed by atoms with Crippen LogP contribution in [-0.4, -0.2) is 108 Å². The summed E-state index contributed by atoms with van der Waals surface area (Å²) in [6, 6.07) is 0. The third-order valence-corrected chi connectivity index (χ3v) is 5.73. The predicted octanol–water partition coefficient (Wildman–Crippen LogP) is -0.298. The normalized spacial score (nSPS) is 15.5. The zero-order valence-electron chi connectivity index (χ0n) is 18.7. The van der Waals surface area contributed by atoms with E-state index >= 15 is 0 Å². The van der Waals surface area contributed by atoms with E-state index in [2.05, 4.69) is 36.9 Å². The van der Waals surface area contributed by atoms with Crippen molar-refractivity contribution in [3.63, 3.8) is 0 Å². The molecule has 0 radical (unpaired) electrons. The molecule has 11 heteroatoms. The molecule has 1 aliphatic rings. The monoisotopic (exact) mass is 440 g/mol. The number of aromatic nitrogens is 3. The van der Waals surface area contributed by atoms with Crippen LogP contribution in [0.15, 0.2) is 4.99 Å². The Morgan fingerprint density at radius 1 is 1.20 bits per heavy atom. The van der Waals surface area contributed by atoms with Gasteiger partial charge in [0.2, 0.25) is 5.91 Å². The number of nitrogens with one attached hydrogen (secondary N) is 2. The Morgan fingerprint density at radius 2 is 1.97 bits per heavy atom. The zero-order valence-corrected chi connectivity index (χ0v) is 19.5. The molecule has 0 aromatic carbocycles. The zero-order chi connectivity index (χ0) is 21.8. The first-order chi connectivity index (χ1) is 14.5. The predicted molar refractivity (Wildman–Crippen MR) is 121 cm³/mol. The van der Waals surface area contributed by atoms with Crippen molar-refractivity contribution < 1.29 is 9.53 Å². The van der Waals surface area contributed by atoms with Crippen LogP contribution >= 0.6 is 11.8 Å². The van der Waals surface area contributed by atoms with E-state index in [-0.39, 0.29) is 5.91 Å². The maximum absolute atomic E-state index is 12.0. The van der Waals surface area contributed by atoms with Crippen molar-refractivity contribution in [3.8, 4) is 0 Å². The van der Waals surface area contributed by atoms with Crippen LogP contribution in [0.2, 0.25) is 0 Å². The highest BCUT2D eigenvalue weighted by Crippen LogP contribution is 2.05. The van der Waals surface area contributed by atoms with E-state index in [9.17, 15) is 4.79 Å². The topological polar surface area (TPSA) is 99.9 Å². The van der Waals surface area contributed by atoms with Crippen molar-refractivity contribution in [1.82, 2.24) is 35.2 Å². The SMILES string of the molecule is COCCNC(=O)CN1CCN(C(=NCc2nnc(C)n2C)NCCCSC)CC1. The van der Waals surface area contributed by atoms with E-state index in [4.69, 9.17) is 9.73 Å². The van der Waals surface area contributed by atoms with Gasteiger partial charge in [-0.2, -0.15) is 11.8 Å². The van der Waals surface area contributed by atoms with Gasteiger partial charge in [-0.05, 0) is 25.4 Å². The highest BCUT2D eigenvalue weighted by Gasteiger charge is 2.21. The van der Waals surface area contributed by atoms with E-state index in [1.54, 1.807) is 7.11 Å². The number of methoxy groups -OCH3 is 1. The van der Waals surface area contributed by atoms with Gasteiger partial charge in [0.15, 0.2) is 11.8 Å². The Balaban J connectivity index is 1.88. The van der Waals surface area contributed by atoms with Crippen molar-refractivity contribution in [3.05, 3.63) is 11.6 Å². The number of hydrogen-bond acceptors (Lipinski definition) is 7. The number of aryl methyl sites for hydroxylation is 1. The molecule has 1 saturated heterocycles. The molecule has 0 unspecified atom stereocenters. The fraction of sp³-hybridized carbons (Fsp3) is 0.789. The van der Waals surface area contributed by atoms with Gasteiger partial charge in [0.05, 0.1) is 13.2 Å². The lowest BCUT2D eigenvalue weighted by Crippen LogP contribution is -2.54. The molecule has 30 heavy (non-hydrogen) atoms. The second-order valence-corrected chi connectivity index (χ2v) is 8.23. The van der Waals surface area contributed by atoms with Crippen LogP contribution in [0, 0.1) is 6.92 Å². The smallest absolute Gasteiger partial charge is 0.234 e. The molecule has 0 aliphatic carbocycles. The molecule has 2 rings (SSSR count). The molecule has 1 amide bonds. The highest BCUT2D eigenvalue weighted by molar-refractivity contribution is 7.98. The molecule has 170 valence electrons. The number of rotatable bonds is 11. The number of nitrogens with zero attached hydrogens (tertiary/aromatic N) is 6. The summed E-state index contributed by atoms with van der Waals surface area (Å²) in [4.78, 5) is 21.3. The van der Waals surface area contributed by atoms with Crippen LogP contribution in [0.4, 0.5) is 0 Å². The second-order valence-electron chi connectivity index (χ2n) is 7.24. The highest BCUT2D eigenvalue weighted by atomic mass is 32.2. The lowest BCUT2D eigenvalue weighted by Gasteiger charge is -2.36. The van der Waals surface area contributed by atoms with E-state index in [1.165, 1.54) is 0 Å². The van der Waals surface area contributed by atoms with Gasteiger partial charge < -0.3 is 24.8 Å². The van der Waals surface area contributed by atoms with Gasteiger partial charge in [-0.15, -0.1) is 10.2 Å². The number of piperazine rings is 1. The number of ether oxygens (including phenoxy) is 1. The molecule has 0 spiro atoms. The minimum Gasteiger partial charge on any atom is -0.383 e. The number of hydrogen-bond donors (Lipinski definition) is 2. The summed E-state index contributed by atoms with van der Waals surface area (Å²) >= 11 is 1.85. The molecule has 0 atom stereocenters. The number of carbonyl (C=O) groups excluding carboxylic acids is 1. The quantitative estimate of drug-likeness (QED) is 0.275. The van der Waals surface area contributed by atoms with Crippen molar-refractivity contribution in [1.29, 1.82) is 0 Å². The largest absolute Gasteiger partial charge is 0.383 e. The number of carbonyl (C=O) groups is 1. The molecule has 2 N–H and O–H groups in total. The molecule has 1 aromatic heterocycles. The Morgan fingerprint density at radius 3 is 2.60 bits per heavy atom. The van der Waals surface area contributed by atoms with Crippen molar-refractivity contribution in [2.45, 2.75) is 19.9 Å². The molecule has 1 aliphatic heterocycles. The number of amides is 1. The maximum Gasteiger partial charge on any atom is 0.234 e. The van der Waals surface area contributed by atoms with E-state index in [1.807, 2.05) is 30.3 Å². The lowest BCUT2D eigenvalue weighted by molar-refractivity contribution is -0.122.